The first-order chi connectivity index (χ1) is 10.1. The summed E-state index contributed by atoms with van der Waals surface area (Å²) >= 11 is 1.51. The van der Waals surface area contributed by atoms with Gasteiger partial charge in [-0.05, 0) is 29.1 Å². The van der Waals surface area contributed by atoms with Gasteiger partial charge in [0.25, 0.3) is 0 Å². The van der Waals surface area contributed by atoms with Gasteiger partial charge in [-0.15, -0.1) is 11.3 Å². The fourth-order valence-corrected chi connectivity index (χ4v) is 2.68. The van der Waals surface area contributed by atoms with Crippen molar-refractivity contribution in [2.24, 2.45) is 0 Å². The molecule has 2 aromatic heterocycles. The second-order valence-electron chi connectivity index (χ2n) is 4.15. The molecule has 0 fully saturated rings. The number of hydrogen-bond acceptors (Lipinski definition) is 5. The van der Waals surface area contributed by atoms with Crippen molar-refractivity contribution >= 4 is 17.2 Å². The van der Waals surface area contributed by atoms with E-state index in [0.717, 1.165) is 10.4 Å². The van der Waals surface area contributed by atoms with Gasteiger partial charge in [0.15, 0.2) is 0 Å². The standard InChI is InChI=1S/C14H10F2N2O2S/c15-14(16)19-9-5-3-8(4-6-9)11-12(18-20-13(11)17)10-2-1-7-21-10/h1-7,14H,17H2. The van der Waals surface area contributed by atoms with Gasteiger partial charge in [-0.2, -0.15) is 8.78 Å². The van der Waals surface area contributed by atoms with Crippen LogP contribution >= 0.6 is 11.3 Å². The molecule has 2 heterocycles. The Hall–Kier alpha value is -2.41. The van der Waals surface area contributed by atoms with E-state index < -0.39 is 6.61 Å². The lowest BCUT2D eigenvalue weighted by molar-refractivity contribution is -0.0498. The highest BCUT2D eigenvalue weighted by Crippen LogP contribution is 2.38. The topological polar surface area (TPSA) is 61.3 Å². The Morgan fingerprint density at radius 2 is 1.95 bits per heavy atom. The molecule has 1 aromatic carbocycles. The summed E-state index contributed by atoms with van der Waals surface area (Å²) in [6.07, 6.45) is 0. The Morgan fingerprint density at radius 1 is 1.19 bits per heavy atom. The van der Waals surface area contributed by atoms with Crippen molar-refractivity contribution in [2.45, 2.75) is 6.61 Å². The van der Waals surface area contributed by atoms with E-state index in [4.69, 9.17) is 10.3 Å². The molecule has 2 N–H and O–H groups in total. The molecular formula is C14H10F2N2O2S. The molecule has 108 valence electrons. The van der Waals surface area contributed by atoms with E-state index in [2.05, 4.69) is 9.89 Å². The van der Waals surface area contributed by atoms with E-state index in [1.165, 1.54) is 23.5 Å². The maximum absolute atomic E-state index is 12.1. The molecule has 3 aromatic rings. The van der Waals surface area contributed by atoms with Crippen molar-refractivity contribution in [2.75, 3.05) is 5.73 Å². The quantitative estimate of drug-likeness (QED) is 0.782. The zero-order valence-electron chi connectivity index (χ0n) is 10.6. The van der Waals surface area contributed by atoms with Gasteiger partial charge in [0.05, 0.1) is 10.4 Å². The van der Waals surface area contributed by atoms with Crippen LogP contribution in [0.15, 0.2) is 46.3 Å². The Morgan fingerprint density at radius 3 is 2.57 bits per heavy atom. The molecule has 0 bridgehead atoms. The molecule has 0 aliphatic rings. The van der Waals surface area contributed by atoms with Crippen LogP contribution in [-0.4, -0.2) is 11.8 Å². The number of rotatable bonds is 4. The number of nitrogens with zero attached hydrogens (tertiary/aromatic N) is 1. The van der Waals surface area contributed by atoms with E-state index >= 15 is 0 Å². The van der Waals surface area contributed by atoms with Gasteiger partial charge in [0.2, 0.25) is 5.88 Å². The molecule has 0 aliphatic carbocycles. The molecule has 0 spiro atoms. The minimum Gasteiger partial charge on any atom is -0.435 e. The highest BCUT2D eigenvalue weighted by molar-refractivity contribution is 7.13. The van der Waals surface area contributed by atoms with Gasteiger partial charge in [-0.3, -0.25) is 0 Å². The van der Waals surface area contributed by atoms with E-state index in [-0.39, 0.29) is 11.6 Å². The number of alkyl halides is 2. The third-order valence-corrected chi connectivity index (χ3v) is 3.72. The minimum absolute atomic E-state index is 0.0847. The molecule has 4 nitrogen and oxygen atoms in total. The maximum Gasteiger partial charge on any atom is 0.387 e. The fraction of sp³-hybridized carbons (Fsp3) is 0.0714. The molecule has 0 radical (unpaired) electrons. The summed E-state index contributed by atoms with van der Waals surface area (Å²) in [6.45, 7) is -2.85. The molecular weight excluding hydrogens is 298 g/mol. The summed E-state index contributed by atoms with van der Waals surface area (Å²) in [6, 6.07) is 9.97. The summed E-state index contributed by atoms with van der Waals surface area (Å²) in [7, 11) is 0. The normalized spacial score (nSPS) is 11.0. The number of nitrogen functional groups attached to an aromatic ring is 1. The van der Waals surface area contributed by atoms with Crippen LogP contribution in [0.25, 0.3) is 21.7 Å². The number of nitrogens with two attached hydrogens (primary N) is 1. The van der Waals surface area contributed by atoms with Crippen LogP contribution in [0.3, 0.4) is 0 Å². The predicted octanol–water partition coefficient (Wildman–Crippen LogP) is 4.25. The number of anilines is 1. The van der Waals surface area contributed by atoms with Crippen LogP contribution in [-0.2, 0) is 0 Å². The second kappa shape index (κ2) is 5.53. The third-order valence-electron chi connectivity index (χ3n) is 2.84. The second-order valence-corrected chi connectivity index (χ2v) is 5.10. The fourth-order valence-electron chi connectivity index (χ4n) is 1.97. The Bertz CT molecular complexity index is 724. The van der Waals surface area contributed by atoms with Crippen molar-refractivity contribution in [3.05, 3.63) is 41.8 Å². The van der Waals surface area contributed by atoms with Gasteiger partial charge in [-0.1, -0.05) is 23.4 Å². The van der Waals surface area contributed by atoms with Gasteiger partial charge in [-0.25, -0.2) is 0 Å². The number of hydrogen-bond donors (Lipinski definition) is 1. The molecule has 0 atom stereocenters. The Balaban J connectivity index is 1.99. The van der Waals surface area contributed by atoms with E-state index in [0.29, 0.717) is 11.3 Å². The first-order valence-electron chi connectivity index (χ1n) is 5.99. The lowest BCUT2D eigenvalue weighted by Gasteiger charge is -2.05. The SMILES string of the molecule is Nc1onc(-c2cccs2)c1-c1ccc(OC(F)F)cc1. The van der Waals surface area contributed by atoms with Crippen molar-refractivity contribution in [1.82, 2.24) is 5.16 Å². The summed E-state index contributed by atoms with van der Waals surface area (Å²) in [5.41, 5.74) is 7.81. The summed E-state index contributed by atoms with van der Waals surface area (Å²) in [5, 5.41) is 5.88. The molecule has 0 aliphatic heterocycles. The Kier molecular flexibility index (Phi) is 3.57. The van der Waals surface area contributed by atoms with Gasteiger partial charge in [0.1, 0.15) is 11.4 Å². The molecule has 0 amide bonds. The molecule has 0 saturated heterocycles. The number of benzene rings is 1. The zero-order chi connectivity index (χ0) is 14.8. The third kappa shape index (κ3) is 2.73. The largest absolute Gasteiger partial charge is 0.435 e. The van der Waals surface area contributed by atoms with Gasteiger partial charge < -0.3 is 15.0 Å². The summed E-state index contributed by atoms with van der Waals surface area (Å²) in [5.74, 6) is 0.266. The lowest BCUT2D eigenvalue weighted by atomic mass is 10.0. The van der Waals surface area contributed by atoms with Crippen molar-refractivity contribution in [1.29, 1.82) is 0 Å². The summed E-state index contributed by atoms with van der Waals surface area (Å²) in [4.78, 5) is 0.915. The van der Waals surface area contributed by atoms with Gasteiger partial charge in [0, 0.05) is 0 Å². The minimum atomic E-state index is -2.85. The zero-order valence-corrected chi connectivity index (χ0v) is 11.4. The number of halogens is 2. The number of thiophene rings is 1. The first kappa shape index (κ1) is 13.6. The van der Waals surface area contributed by atoms with Crippen molar-refractivity contribution in [3.63, 3.8) is 0 Å². The summed E-state index contributed by atoms with van der Waals surface area (Å²) < 4.78 is 33.7. The maximum atomic E-state index is 12.1. The molecule has 3 rings (SSSR count). The first-order valence-corrected chi connectivity index (χ1v) is 6.87. The van der Waals surface area contributed by atoms with Crippen LogP contribution in [0.4, 0.5) is 14.7 Å². The van der Waals surface area contributed by atoms with Crippen LogP contribution in [0.5, 0.6) is 5.75 Å². The van der Waals surface area contributed by atoms with E-state index in [9.17, 15) is 8.78 Å². The predicted molar refractivity (Wildman–Crippen MR) is 76.3 cm³/mol. The van der Waals surface area contributed by atoms with Crippen LogP contribution in [0.1, 0.15) is 0 Å². The highest BCUT2D eigenvalue weighted by atomic mass is 32.1. The van der Waals surface area contributed by atoms with Crippen LogP contribution in [0, 0.1) is 0 Å². The molecule has 0 unspecified atom stereocenters. The van der Waals surface area contributed by atoms with Crippen LogP contribution in [0.2, 0.25) is 0 Å². The molecule has 21 heavy (non-hydrogen) atoms. The average molecular weight is 308 g/mol. The van der Waals surface area contributed by atoms with Crippen LogP contribution < -0.4 is 10.5 Å². The van der Waals surface area contributed by atoms with Crippen molar-refractivity contribution in [3.8, 4) is 27.4 Å². The Labute approximate surface area is 122 Å². The smallest absolute Gasteiger partial charge is 0.387 e. The average Bonchev–Trinajstić information content (AvgIpc) is 3.08. The molecule has 0 saturated carbocycles. The monoisotopic (exact) mass is 308 g/mol. The lowest BCUT2D eigenvalue weighted by Crippen LogP contribution is -2.01. The van der Waals surface area contributed by atoms with Gasteiger partial charge >= 0.3 is 6.61 Å². The van der Waals surface area contributed by atoms with E-state index in [1.807, 2.05) is 17.5 Å². The molecule has 7 heteroatoms. The van der Waals surface area contributed by atoms with E-state index in [1.54, 1.807) is 12.1 Å². The van der Waals surface area contributed by atoms with Crippen molar-refractivity contribution < 1.29 is 18.0 Å². The number of ether oxygens (including phenoxy) is 1. The number of aromatic nitrogens is 1. The highest BCUT2D eigenvalue weighted by Gasteiger charge is 2.18.